The number of nitrogens with zero attached hydrogens (tertiary/aromatic N) is 1. The Kier molecular flexibility index (Phi) is 4.48. The van der Waals surface area contributed by atoms with Crippen molar-refractivity contribution < 1.29 is 9.26 Å². The van der Waals surface area contributed by atoms with Gasteiger partial charge in [-0.25, -0.2) is 0 Å². The molecule has 6 heteroatoms. The minimum absolute atomic E-state index is 0.297. The summed E-state index contributed by atoms with van der Waals surface area (Å²) in [6.45, 7) is 0.510. The molecule has 3 heterocycles. The predicted octanol–water partition coefficient (Wildman–Crippen LogP) is 5.33. The normalized spacial score (nSPS) is 27.8. The van der Waals surface area contributed by atoms with Gasteiger partial charge in [-0.15, -0.1) is 0 Å². The first-order valence-electron chi connectivity index (χ1n) is 9.49. The molecule has 3 fully saturated rings. The number of halogens is 2. The average Bonchev–Trinajstić information content (AvgIpc) is 3.30. The third kappa shape index (κ3) is 3.18. The second-order valence-corrected chi connectivity index (χ2v) is 8.60. The highest BCUT2D eigenvalue weighted by atomic mass is 35.5. The van der Waals surface area contributed by atoms with E-state index >= 15 is 0 Å². The maximum absolute atomic E-state index is 6.42. The van der Waals surface area contributed by atoms with Crippen LogP contribution >= 0.6 is 23.2 Å². The zero-order valence-corrected chi connectivity index (χ0v) is 16.0. The lowest BCUT2D eigenvalue weighted by Crippen LogP contribution is -2.41. The van der Waals surface area contributed by atoms with E-state index in [0.717, 1.165) is 48.3 Å². The number of hydrogen-bond donors (Lipinski definition) is 1. The van der Waals surface area contributed by atoms with Crippen molar-refractivity contribution in [3.05, 3.63) is 39.6 Å². The van der Waals surface area contributed by atoms with Crippen LogP contribution in [0.1, 0.15) is 55.8 Å². The molecule has 1 saturated carbocycles. The highest BCUT2D eigenvalue weighted by Gasteiger charge is 2.36. The summed E-state index contributed by atoms with van der Waals surface area (Å²) in [6.07, 6.45) is 7.30. The molecule has 138 valence electrons. The standard InChI is InChI=1S/C20H22Cl2N2O2/c21-16-2-1-3-17(22)18(16)19-15(20(26-24-19)11-4-5-11)10-25-14-8-12-6-7-13(9-14)23-12/h1-3,11-14,23H,4-10H2/t12-,13+,14+. The zero-order chi connectivity index (χ0) is 17.7. The fourth-order valence-electron chi connectivity index (χ4n) is 4.39. The van der Waals surface area contributed by atoms with Crippen LogP contribution in [0.2, 0.25) is 10.0 Å². The highest BCUT2D eigenvalue weighted by molar-refractivity contribution is 6.39. The highest BCUT2D eigenvalue weighted by Crippen LogP contribution is 2.46. The quantitative estimate of drug-likeness (QED) is 0.746. The second-order valence-electron chi connectivity index (χ2n) is 7.79. The molecule has 1 aliphatic carbocycles. The molecule has 3 aliphatic rings. The van der Waals surface area contributed by atoms with Crippen molar-refractivity contribution >= 4 is 23.2 Å². The molecule has 2 bridgehead atoms. The Morgan fingerprint density at radius 2 is 1.77 bits per heavy atom. The Morgan fingerprint density at radius 1 is 1.08 bits per heavy atom. The Hall–Kier alpha value is -1.07. The summed E-state index contributed by atoms with van der Waals surface area (Å²) in [4.78, 5) is 0. The van der Waals surface area contributed by atoms with Gasteiger partial charge in [0.05, 0.1) is 22.8 Å². The fraction of sp³-hybridized carbons (Fsp3) is 0.550. The van der Waals surface area contributed by atoms with Crippen LogP contribution in [-0.4, -0.2) is 23.3 Å². The number of benzene rings is 1. The van der Waals surface area contributed by atoms with Gasteiger partial charge in [0.15, 0.2) is 0 Å². The molecule has 0 unspecified atom stereocenters. The molecule has 0 amide bonds. The molecule has 3 atom stereocenters. The van der Waals surface area contributed by atoms with Gasteiger partial charge in [0.25, 0.3) is 0 Å². The minimum atomic E-state index is 0.297. The van der Waals surface area contributed by atoms with E-state index in [1.807, 2.05) is 18.2 Å². The number of rotatable bonds is 5. The van der Waals surface area contributed by atoms with Crippen LogP contribution in [0.3, 0.4) is 0 Å². The molecule has 0 radical (unpaired) electrons. The van der Waals surface area contributed by atoms with E-state index in [9.17, 15) is 0 Å². The van der Waals surface area contributed by atoms with Crippen molar-refractivity contribution in [3.8, 4) is 11.3 Å². The minimum Gasteiger partial charge on any atom is -0.373 e. The number of ether oxygens (including phenoxy) is 1. The number of piperidine rings is 1. The first-order valence-corrected chi connectivity index (χ1v) is 10.2. The van der Waals surface area contributed by atoms with Crippen molar-refractivity contribution in [2.24, 2.45) is 0 Å². The van der Waals surface area contributed by atoms with Gasteiger partial charge < -0.3 is 14.6 Å². The van der Waals surface area contributed by atoms with E-state index in [2.05, 4.69) is 10.5 Å². The van der Waals surface area contributed by atoms with Crippen LogP contribution in [0, 0.1) is 0 Å². The maximum Gasteiger partial charge on any atom is 0.145 e. The molecule has 1 aromatic heterocycles. The van der Waals surface area contributed by atoms with Crippen LogP contribution in [0.4, 0.5) is 0 Å². The summed E-state index contributed by atoms with van der Waals surface area (Å²) < 4.78 is 12.1. The smallest absolute Gasteiger partial charge is 0.145 e. The van der Waals surface area contributed by atoms with E-state index in [-0.39, 0.29) is 0 Å². The van der Waals surface area contributed by atoms with Crippen molar-refractivity contribution in [2.45, 2.75) is 69.2 Å². The first-order chi connectivity index (χ1) is 12.7. The molecule has 26 heavy (non-hydrogen) atoms. The van der Waals surface area contributed by atoms with E-state index in [0.29, 0.717) is 40.8 Å². The number of fused-ring (bicyclic) bond motifs is 2. The van der Waals surface area contributed by atoms with Crippen LogP contribution in [0.15, 0.2) is 22.7 Å². The predicted molar refractivity (Wildman–Crippen MR) is 102 cm³/mol. The SMILES string of the molecule is Clc1cccc(Cl)c1-c1noc(C2CC2)c1CO[C@H]1C[C@H]2CC[C@@H](C1)N2. The Bertz CT molecular complexity index is 786. The lowest BCUT2D eigenvalue weighted by atomic mass is 10.0. The van der Waals surface area contributed by atoms with Gasteiger partial charge in [0, 0.05) is 29.1 Å². The molecule has 2 saturated heterocycles. The molecule has 2 aliphatic heterocycles. The summed E-state index contributed by atoms with van der Waals surface area (Å²) in [5.74, 6) is 1.41. The number of hydrogen-bond acceptors (Lipinski definition) is 4. The summed E-state index contributed by atoms with van der Waals surface area (Å²) in [6, 6.07) is 6.74. The second kappa shape index (κ2) is 6.83. The molecular formula is C20H22Cl2N2O2. The van der Waals surface area contributed by atoms with Gasteiger partial charge in [-0.3, -0.25) is 0 Å². The van der Waals surface area contributed by atoms with Gasteiger partial charge in [-0.1, -0.05) is 34.4 Å². The number of aromatic nitrogens is 1. The van der Waals surface area contributed by atoms with Crippen molar-refractivity contribution in [1.82, 2.24) is 10.5 Å². The van der Waals surface area contributed by atoms with E-state index in [1.165, 1.54) is 12.8 Å². The largest absolute Gasteiger partial charge is 0.373 e. The van der Waals surface area contributed by atoms with E-state index < -0.39 is 0 Å². The van der Waals surface area contributed by atoms with Gasteiger partial charge in [-0.2, -0.15) is 0 Å². The van der Waals surface area contributed by atoms with Gasteiger partial charge >= 0.3 is 0 Å². The lowest BCUT2D eigenvalue weighted by molar-refractivity contribution is 0.00876. The number of nitrogens with one attached hydrogen (secondary N) is 1. The summed E-state index contributed by atoms with van der Waals surface area (Å²) in [5, 5.41) is 9.18. The van der Waals surface area contributed by atoms with Gasteiger partial charge in [0.1, 0.15) is 11.5 Å². The Morgan fingerprint density at radius 3 is 2.42 bits per heavy atom. The van der Waals surface area contributed by atoms with Crippen molar-refractivity contribution in [3.63, 3.8) is 0 Å². The average molecular weight is 393 g/mol. The lowest BCUT2D eigenvalue weighted by Gasteiger charge is -2.29. The Balaban J connectivity index is 1.42. The van der Waals surface area contributed by atoms with Crippen LogP contribution in [0.5, 0.6) is 0 Å². The van der Waals surface area contributed by atoms with Crippen molar-refractivity contribution in [1.29, 1.82) is 0 Å². The van der Waals surface area contributed by atoms with Crippen LogP contribution < -0.4 is 5.32 Å². The molecule has 0 spiro atoms. The summed E-state index contributed by atoms with van der Waals surface area (Å²) in [7, 11) is 0. The van der Waals surface area contributed by atoms with E-state index in [4.69, 9.17) is 32.5 Å². The zero-order valence-electron chi connectivity index (χ0n) is 14.5. The van der Waals surface area contributed by atoms with E-state index in [1.54, 1.807) is 0 Å². The molecule has 1 aromatic carbocycles. The molecule has 5 rings (SSSR count). The third-order valence-electron chi connectivity index (χ3n) is 5.86. The van der Waals surface area contributed by atoms with Crippen molar-refractivity contribution in [2.75, 3.05) is 0 Å². The summed E-state index contributed by atoms with van der Waals surface area (Å²) in [5.41, 5.74) is 2.50. The maximum atomic E-state index is 6.42. The fourth-order valence-corrected chi connectivity index (χ4v) is 4.97. The molecule has 2 aromatic rings. The summed E-state index contributed by atoms with van der Waals surface area (Å²) >= 11 is 12.8. The monoisotopic (exact) mass is 392 g/mol. The van der Waals surface area contributed by atoms with Gasteiger partial charge in [-0.05, 0) is 50.7 Å². The Labute approximate surface area is 163 Å². The third-order valence-corrected chi connectivity index (χ3v) is 6.49. The molecule has 1 N–H and O–H groups in total. The topological polar surface area (TPSA) is 47.3 Å². The molecular weight excluding hydrogens is 371 g/mol. The van der Waals surface area contributed by atoms with Gasteiger partial charge in [0.2, 0.25) is 0 Å². The van der Waals surface area contributed by atoms with Crippen LogP contribution in [-0.2, 0) is 11.3 Å². The molecule has 4 nitrogen and oxygen atoms in total. The first kappa shape index (κ1) is 17.1. The van der Waals surface area contributed by atoms with Crippen LogP contribution in [0.25, 0.3) is 11.3 Å².